The van der Waals surface area contributed by atoms with Crippen molar-refractivity contribution in [1.82, 2.24) is 0 Å². The highest BCUT2D eigenvalue weighted by atomic mass is 16.5. The van der Waals surface area contributed by atoms with Crippen LogP contribution in [0.3, 0.4) is 0 Å². The first-order valence-corrected chi connectivity index (χ1v) is 9.57. The molecule has 25 heavy (non-hydrogen) atoms. The molecule has 1 atom stereocenters. The maximum Gasteiger partial charge on any atom is 0.119 e. The Balaban J connectivity index is 1.96. The zero-order valence-corrected chi connectivity index (χ0v) is 16.5. The van der Waals surface area contributed by atoms with Gasteiger partial charge in [0.25, 0.3) is 0 Å². The maximum atomic E-state index is 6.02. The van der Waals surface area contributed by atoms with E-state index < -0.39 is 0 Å². The Hall–Kier alpha value is -1.54. The topological polar surface area (TPSA) is 18.5 Å². The highest BCUT2D eigenvalue weighted by Gasteiger charge is 2.13. The molecule has 1 aliphatic rings. The SMILES string of the molecule is CC(C)CCOC1C=C(c2cccc(OCCC(C)(C)C)c2)C=CC1. The van der Waals surface area contributed by atoms with Crippen molar-refractivity contribution in [3.05, 3.63) is 48.1 Å². The molecule has 0 aliphatic heterocycles. The van der Waals surface area contributed by atoms with Gasteiger partial charge < -0.3 is 9.47 Å². The molecule has 0 amide bonds. The Kier molecular flexibility index (Phi) is 7.31. The minimum absolute atomic E-state index is 0.184. The maximum absolute atomic E-state index is 6.02. The molecule has 0 bridgehead atoms. The van der Waals surface area contributed by atoms with Crippen LogP contribution in [0.1, 0.15) is 59.4 Å². The number of allylic oxidation sites excluding steroid dienone is 2. The third-order valence-corrected chi connectivity index (χ3v) is 4.35. The molecule has 1 aromatic carbocycles. The number of hydrogen-bond acceptors (Lipinski definition) is 2. The van der Waals surface area contributed by atoms with Crippen molar-refractivity contribution < 1.29 is 9.47 Å². The Labute approximate surface area is 153 Å². The van der Waals surface area contributed by atoms with Crippen molar-refractivity contribution in [1.29, 1.82) is 0 Å². The fourth-order valence-electron chi connectivity index (χ4n) is 2.66. The van der Waals surface area contributed by atoms with Gasteiger partial charge >= 0.3 is 0 Å². The van der Waals surface area contributed by atoms with Crippen LogP contribution in [0.4, 0.5) is 0 Å². The summed E-state index contributed by atoms with van der Waals surface area (Å²) in [4.78, 5) is 0. The zero-order chi connectivity index (χ0) is 18.3. The summed E-state index contributed by atoms with van der Waals surface area (Å²) < 4.78 is 12.0. The quantitative estimate of drug-likeness (QED) is 0.554. The van der Waals surface area contributed by atoms with Gasteiger partial charge in [-0.2, -0.15) is 0 Å². The third-order valence-electron chi connectivity index (χ3n) is 4.35. The summed E-state index contributed by atoms with van der Waals surface area (Å²) in [6.45, 7) is 12.8. The summed E-state index contributed by atoms with van der Waals surface area (Å²) in [6, 6.07) is 8.38. The van der Waals surface area contributed by atoms with Crippen LogP contribution in [-0.2, 0) is 4.74 Å². The first-order valence-electron chi connectivity index (χ1n) is 9.57. The smallest absolute Gasteiger partial charge is 0.119 e. The van der Waals surface area contributed by atoms with E-state index in [1.807, 2.05) is 6.07 Å². The van der Waals surface area contributed by atoms with Crippen molar-refractivity contribution in [2.24, 2.45) is 11.3 Å². The predicted molar refractivity (Wildman–Crippen MR) is 107 cm³/mol. The number of ether oxygens (including phenoxy) is 2. The first kappa shape index (κ1) is 19.8. The van der Waals surface area contributed by atoms with Gasteiger partial charge in [-0.1, -0.05) is 58.9 Å². The largest absolute Gasteiger partial charge is 0.494 e. The van der Waals surface area contributed by atoms with Gasteiger partial charge in [0.1, 0.15) is 5.75 Å². The molecule has 138 valence electrons. The van der Waals surface area contributed by atoms with Crippen molar-refractivity contribution in [3.8, 4) is 5.75 Å². The molecule has 1 unspecified atom stereocenters. The van der Waals surface area contributed by atoms with Crippen molar-refractivity contribution in [2.45, 2.75) is 60.0 Å². The Bertz CT molecular complexity index is 590. The van der Waals surface area contributed by atoms with E-state index in [9.17, 15) is 0 Å². The molecule has 0 aromatic heterocycles. The molecule has 0 saturated carbocycles. The second kappa shape index (κ2) is 9.24. The third kappa shape index (κ3) is 7.48. The van der Waals surface area contributed by atoms with E-state index in [-0.39, 0.29) is 6.10 Å². The summed E-state index contributed by atoms with van der Waals surface area (Å²) in [5.74, 6) is 1.63. The fourth-order valence-corrected chi connectivity index (χ4v) is 2.66. The van der Waals surface area contributed by atoms with Crippen LogP contribution < -0.4 is 4.74 Å². The van der Waals surface area contributed by atoms with Crippen molar-refractivity contribution in [2.75, 3.05) is 13.2 Å². The first-order chi connectivity index (χ1) is 11.8. The minimum Gasteiger partial charge on any atom is -0.494 e. The summed E-state index contributed by atoms with van der Waals surface area (Å²) >= 11 is 0. The highest BCUT2D eigenvalue weighted by molar-refractivity contribution is 5.76. The van der Waals surface area contributed by atoms with Gasteiger partial charge in [0, 0.05) is 6.61 Å². The molecule has 2 rings (SSSR count). The monoisotopic (exact) mass is 342 g/mol. The molecular formula is C23H34O2. The normalized spacial score (nSPS) is 17.7. The van der Waals surface area contributed by atoms with E-state index >= 15 is 0 Å². The summed E-state index contributed by atoms with van der Waals surface area (Å²) in [5, 5.41) is 0. The number of benzene rings is 1. The van der Waals surface area contributed by atoms with Crippen LogP contribution in [0.15, 0.2) is 42.5 Å². The van der Waals surface area contributed by atoms with Gasteiger partial charge in [-0.25, -0.2) is 0 Å². The molecule has 0 fully saturated rings. The van der Waals surface area contributed by atoms with Crippen molar-refractivity contribution in [3.63, 3.8) is 0 Å². The molecule has 0 heterocycles. The Morgan fingerprint density at radius 1 is 1.16 bits per heavy atom. The average Bonchev–Trinajstić information content (AvgIpc) is 2.54. The molecular weight excluding hydrogens is 308 g/mol. The standard InChI is InChI=1S/C23H34O2/c1-18(2)12-14-24-21-10-6-8-19(16-21)20-9-7-11-22(17-20)25-15-13-23(3,4)5/h6-9,11,16-18,21H,10,12-15H2,1-5H3. The van der Waals surface area contributed by atoms with Gasteiger partial charge in [0.2, 0.25) is 0 Å². The second-order valence-corrected chi connectivity index (χ2v) is 8.54. The minimum atomic E-state index is 0.184. The van der Waals surface area contributed by atoms with Crippen LogP contribution in [0.25, 0.3) is 5.57 Å². The molecule has 1 aromatic rings. The van der Waals surface area contributed by atoms with E-state index in [1.54, 1.807) is 0 Å². The molecule has 2 heteroatoms. The van der Waals surface area contributed by atoms with Crippen LogP contribution in [0, 0.1) is 11.3 Å². The lowest BCUT2D eigenvalue weighted by atomic mass is 9.93. The van der Waals surface area contributed by atoms with Crippen LogP contribution >= 0.6 is 0 Å². The van der Waals surface area contributed by atoms with Gasteiger partial charge in [-0.3, -0.25) is 0 Å². The highest BCUT2D eigenvalue weighted by Crippen LogP contribution is 2.27. The fraction of sp³-hybridized carbons (Fsp3) is 0.565. The van der Waals surface area contributed by atoms with E-state index in [1.165, 1.54) is 11.1 Å². The van der Waals surface area contributed by atoms with Gasteiger partial charge in [0.05, 0.1) is 12.7 Å². The van der Waals surface area contributed by atoms with E-state index in [2.05, 4.69) is 71.0 Å². The lowest BCUT2D eigenvalue weighted by Gasteiger charge is -2.20. The lowest BCUT2D eigenvalue weighted by Crippen LogP contribution is -2.13. The molecule has 0 spiro atoms. The van der Waals surface area contributed by atoms with Gasteiger partial charge in [-0.15, -0.1) is 0 Å². The van der Waals surface area contributed by atoms with E-state index in [0.717, 1.165) is 38.2 Å². The lowest BCUT2D eigenvalue weighted by molar-refractivity contribution is 0.0787. The molecule has 1 aliphatic carbocycles. The van der Waals surface area contributed by atoms with E-state index in [0.29, 0.717) is 11.3 Å². The molecule has 0 saturated heterocycles. The van der Waals surface area contributed by atoms with Crippen molar-refractivity contribution >= 4 is 5.57 Å². The van der Waals surface area contributed by atoms with E-state index in [4.69, 9.17) is 9.47 Å². The number of rotatable bonds is 8. The molecule has 0 N–H and O–H groups in total. The molecule has 0 radical (unpaired) electrons. The Morgan fingerprint density at radius 2 is 1.96 bits per heavy atom. The van der Waals surface area contributed by atoms with Crippen LogP contribution in [-0.4, -0.2) is 19.3 Å². The molecule has 2 nitrogen and oxygen atoms in total. The summed E-state index contributed by atoms with van der Waals surface area (Å²) in [7, 11) is 0. The van der Waals surface area contributed by atoms with Gasteiger partial charge in [0.15, 0.2) is 0 Å². The van der Waals surface area contributed by atoms with Gasteiger partial charge in [-0.05, 0) is 59.9 Å². The van der Waals surface area contributed by atoms with Crippen LogP contribution in [0.2, 0.25) is 0 Å². The Morgan fingerprint density at radius 3 is 2.68 bits per heavy atom. The predicted octanol–water partition coefficient (Wildman–Crippen LogP) is 6.28. The zero-order valence-electron chi connectivity index (χ0n) is 16.5. The summed E-state index contributed by atoms with van der Waals surface area (Å²) in [5.41, 5.74) is 2.72. The second-order valence-electron chi connectivity index (χ2n) is 8.54. The van der Waals surface area contributed by atoms with Crippen LogP contribution in [0.5, 0.6) is 5.75 Å². The number of hydrogen-bond donors (Lipinski definition) is 0. The summed E-state index contributed by atoms with van der Waals surface area (Å²) in [6.07, 6.45) is 9.95. The average molecular weight is 343 g/mol.